The van der Waals surface area contributed by atoms with Crippen LogP contribution in [-0.2, 0) is 6.54 Å². The molecule has 2 aromatic carbocycles. The number of amides is 2. The number of nitrogens with zero attached hydrogens (tertiary/aromatic N) is 3. The molecule has 0 atom stereocenters. The summed E-state index contributed by atoms with van der Waals surface area (Å²) < 4.78 is 7.18. The average molecular weight is 377 g/mol. The molecule has 0 aliphatic heterocycles. The van der Waals surface area contributed by atoms with Crippen molar-refractivity contribution in [3.8, 4) is 5.75 Å². The van der Waals surface area contributed by atoms with Crippen molar-refractivity contribution >= 4 is 17.4 Å². The molecule has 1 aromatic heterocycles. The number of carbonyl (C=O) groups excluding carboxylic acids is 1. The summed E-state index contributed by atoms with van der Waals surface area (Å²) in [5.74, 6) is 0.767. The summed E-state index contributed by atoms with van der Waals surface area (Å²) in [7, 11) is 1.63. The molecule has 0 aliphatic rings. The number of hydrogen-bond donors (Lipinski definition) is 2. The summed E-state index contributed by atoms with van der Waals surface area (Å²) in [5, 5.41) is 7.17. The largest absolute Gasteiger partial charge is 0.497 e. The molecule has 2 amide bonds. The van der Waals surface area contributed by atoms with Gasteiger partial charge in [0.25, 0.3) is 0 Å². The van der Waals surface area contributed by atoms with Gasteiger partial charge in [-0.05, 0) is 48.4 Å². The lowest BCUT2D eigenvalue weighted by molar-refractivity contribution is 0.252. The number of hydrazone groups is 1. The second kappa shape index (κ2) is 9.36. The monoisotopic (exact) mass is 377 g/mol. The van der Waals surface area contributed by atoms with Gasteiger partial charge in [0.05, 0.1) is 19.1 Å². The minimum atomic E-state index is -0.386. The number of benzene rings is 2. The molecule has 7 heteroatoms. The normalized spacial score (nSPS) is 11.1. The van der Waals surface area contributed by atoms with Gasteiger partial charge in [-0.3, -0.25) is 0 Å². The Balaban J connectivity index is 1.72. The third-order valence-corrected chi connectivity index (χ3v) is 4.27. The van der Waals surface area contributed by atoms with E-state index in [-0.39, 0.29) is 6.03 Å². The highest BCUT2D eigenvalue weighted by Crippen LogP contribution is 2.15. The molecule has 0 fully saturated rings. The van der Waals surface area contributed by atoms with Crippen molar-refractivity contribution in [2.24, 2.45) is 5.10 Å². The van der Waals surface area contributed by atoms with E-state index >= 15 is 0 Å². The van der Waals surface area contributed by atoms with Crippen LogP contribution < -0.4 is 15.5 Å². The van der Waals surface area contributed by atoms with Crippen LogP contribution in [0.4, 0.5) is 10.5 Å². The van der Waals surface area contributed by atoms with E-state index in [0.717, 1.165) is 28.3 Å². The van der Waals surface area contributed by atoms with Crippen LogP contribution in [0.2, 0.25) is 0 Å². The van der Waals surface area contributed by atoms with Gasteiger partial charge in [0, 0.05) is 31.0 Å². The highest BCUT2D eigenvalue weighted by Gasteiger charge is 2.08. The zero-order valence-corrected chi connectivity index (χ0v) is 15.9. The van der Waals surface area contributed by atoms with E-state index in [2.05, 4.69) is 20.8 Å². The maximum absolute atomic E-state index is 12.3. The van der Waals surface area contributed by atoms with Crippen molar-refractivity contribution in [2.75, 3.05) is 12.4 Å². The van der Waals surface area contributed by atoms with Crippen LogP contribution in [0.3, 0.4) is 0 Å². The summed E-state index contributed by atoms with van der Waals surface area (Å²) >= 11 is 0. The number of carbonyl (C=O) groups is 1. The van der Waals surface area contributed by atoms with Gasteiger partial charge in [0.2, 0.25) is 0 Å². The number of rotatable bonds is 7. The first-order valence-corrected chi connectivity index (χ1v) is 8.95. The Kier molecular flexibility index (Phi) is 6.41. The Bertz CT molecular complexity index is 934. The number of aryl methyl sites for hydroxylation is 2. The summed E-state index contributed by atoms with van der Waals surface area (Å²) in [6.45, 7) is 2.64. The third-order valence-electron chi connectivity index (χ3n) is 4.27. The second-order valence-corrected chi connectivity index (χ2v) is 6.22. The molecule has 0 aliphatic carbocycles. The van der Waals surface area contributed by atoms with Crippen molar-refractivity contribution in [1.82, 2.24) is 15.0 Å². The zero-order valence-electron chi connectivity index (χ0n) is 15.9. The lowest BCUT2D eigenvalue weighted by Crippen LogP contribution is -2.26. The summed E-state index contributed by atoms with van der Waals surface area (Å²) in [5.41, 5.74) is 6.00. The van der Waals surface area contributed by atoms with Crippen LogP contribution in [0.15, 0.2) is 72.4 Å². The molecule has 0 bridgehead atoms. The topological polar surface area (TPSA) is 80.5 Å². The standard InChI is InChI=1S/C21H23N5O2/c1-16-5-3-4-6-19(16)23-21(27)25-24-20(11-13-26-14-12-22-15-26)17-7-9-18(28-2)10-8-17/h3-10,12,14-15H,11,13H2,1-2H3,(H2,23,25,27)/b24-20+. The second-order valence-electron chi connectivity index (χ2n) is 6.22. The summed E-state index contributed by atoms with van der Waals surface area (Å²) in [6, 6.07) is 14.8. The molecule has 1 heterocycles. The van der Waals surface area contributed by atoms with Gasteiger partial charge in [-0.1, -0.05) is 18.2 Å². The Morgan fingerprint density at radius 1 is 1.18 bits per heavy atom. The van der Waals surface area contributed by atoms with E-state index in [9.17, 15) is 4.79 Å². The molecule has 2 N–H and O–H groups in total. The Morgan fingerprint density at radius 3 is 2.64 bits per heavy atom. The number of methoxy groups -OCH3 is 1. The van der Waals surface area contributed by atoms with Gasteiger partial charge in [0.15, 0.2) is 0 Å². The van der Waals surface area contributed by atoms with Crippen molar-refractivity contribution in [3.05, 3.63) is 78.4 Å². The number of ether oxygens (including phenoxy) is 1. The van der Waals surface area contributed by atoms with Gasteiger partial charge >= 0.3 is 6.03 Å². The molecular formula is C21H23N5O2. The quantitative estimate of drug-likeness (QED) is 0.485. The fraction of sp³-hybridized carbons (Fsp3) is 0.190. The number of nitrogens with one attached hydrogen (secondary N) is 2. The lowest BCUT2D eigenvalue weighted by atomic mass is 10.1. The minimum Gasteiger partial charge on any atom is -0.497 e. The van der Waals surface area contributed by atoms with Crippen LogP contribution in [0, 0.1) is 6.92 Å². The first kappa shape index (κ1) is 19.2. The molecular weight excluding hydrogens is 354 g/mol. The van der Waals surface area contributed by atoms with E-state index in [1.165, 1.54) is 0 Å². The van der Waals surface area contributed by atoms with E-state index in [1.807, 2.05) is 66.2 Å². The molecule has 3 rings (SSSR count). The van der Waals surface area contributed by atoms with Crippen LogP contribution >= 0.6 is 0 Å². The number of para-hydroxylation sites is 1. The molecule has 0 unspecified atom stereocenters. The minimum absolute atomic E-state index is 0.386. The highest BCUT2D eigenvalue weighted by atomic mass is 16.5. The van der Waals surface area contributed by atoms with Crippen LogP contribution in [0.1, 0.15) is 17.5 Å². The predicted molar refractivity (Wildman–Crippen MR) is 110 cm³/mol. The molecule has 144 valence electrons. The van der Waals surface area contributed by atoms with Crippen LogP contribution in [-0.4, -0.2) is 28.4 Å². The zero-order chi connectivity index (χ0) is 19.8. The average Bonchev–Trinajstić information content (AvgIpc) is 3.23. The van der Waals surface area contributed by atoms with Crippen LogP contribution in [0.25, 0.3) is 0 Å². The van der Waals surface area contributed by atoms with Crippen LogP contribution in [0.5, 0.6) is 5.75 Å². The summed E-state index contributed by atoms with van der Waals surface area (Å²) in [6.07, 6.45) is 6.01. The van der Waals surface area contributed by atoms with Gasteiger partial charge in [-0.2, -0.15) is 5.10 Å². The van der Waals surface area contributed by atoms with Crippen molar-refractivity contribution in [2.45, 2.75) is 19.9 Å². The molecule has 0 saturated carbocycles. The Labute approximate surface area is 164 Å². The molecule has 28 heavy (non-hydrogen) atoms. The van der Waals surface area contributed by atoms with Gasteiger partial charge in [-0.15, -0.1) is 0 Å². The fourth-order valence-electron chi connectivity index (χ4n) is 2.68. The van der Waals surface area contributed by atoms with Crippen molar-refractivity contribution in [1.29, 1.82) is 0 Å². The number of urea groups is 1. The van der Waals surface area contributed by atoms with E-state index in [1.54, 1.807) is 19.6 Å². The fourth-order valence-corrected chi connectivity index (χ4v) is 2.68. The van der Waals surface area contributed by atoms with Gasteiger partial charge < -0.3 is 14.6 Å². The Morgan fingerprint density at radius 2 is 1.96 bits per heavy atom. The van der Waals surface area contributed by atoms with Gasteiger partial charge in [-0.25, -0.2) is 15.2 Å². The van der Waals surface area contributed by atoms with E-state index in [0.29, 0.717) is 13.0 Å². The molecule has 3 aromatic rings. The van der Waals surface area contributed by atoms with E-state index < -0.39 is 0 Å². The smallest absolute Gasteiger partial charge is 0.339 e. The molecule has 0 saturated heterocycles. The molecule has 0 spiro atoms. The first-order chi connectivity index (χ1) is 13.7. The summed E-state index contributed by atoms with van der Waals surface area (Å²) in [4.78, 5) is 16.3. The van der Waals surface area contributed by atoms with E-state index in [4.69, 9.17) is 4.74 Å². The van der Waals surface area contributed by atoms with Crippen molar-refractivity contribution < 1.29 is 9.53 Å². The maximum Gasteiger partial charge on any atom is 0.339 e. The lowest BCUT2D eigenvalue weighted by Gasteiger charge is -2.11. The SMILES string of the molecule is COc1ccc(/C(CCn2ccnc2)=N/NC(=O)Nc2ccccc2C)cc1. The maximum atomic E-state index is 12.3. The van der Waals surface area contributed by atoms with Crippen molar-refractivity contribution in [3.63, 3.8) is 0 Å². The number of aromatic nitrogens is 2. The first-order valence-electron chi connectivity index (χ1n) is 8.95. The predicted octanol–water partition coefficient (Wildman–Crippen LogP) is 3.82. The highest BCUT2D eigenvalue weighted by molar-refractivity contribution is 6.01. The van der Waals surface area contributed by atoms with Gasteiger partial charge in [0.1, 0.15) is 5.75 Å². The number of imidazole rings is 1. The number of hydrogen-bond acceptors (Lipinski definition) is 4. The Hall–Kier alpha value is -3.61. The molecule has 7 nitrogen and oxygen atoms in total. The number of anilines is 1. The third kappa shape index (κ3) is 5.20. The molecule has 0 radical (unpaired) electrons.